The Labute approximate surface area is 185 Å². The summed E-state index contributed by atoms with van der Waals surface area (Å²) in [6.07, 6.45) is 13.9. The van der Waals surface area contributed by atoms with Gasteiger partial charge in [0.15, 0.2) is 5.82 Å². The lowest BCUT2D eigenvalue weighted by atomic mass is 9.88. The molecule has 1 saturated heterocycles. The van der Waals surface area contributed by atoms with Gasteiger partial charge in [-0.05, 0) is 57.8 Å². The molecular formula is C25H36N4O2. The van der Waals surface area contributed by atoms with Crippen LogP contribution in [0.1, 0.15) is 100 Å². The zero-order valence-corrected chi connectivity index (χ0v) is 18.9. The number of fused-ring (bicyclic) bond motifs is 1. The predicted molar refractivity (Wildman–Crippen MR) is 120 cm³/mol. The molecule has 0 radical (unpaired) electrons. The molecule has 6 nitrogen and oxygen atoms in total. The number of rotatable bonds is 4. The minimum atomic E-state index is -0.0364. The van der Waals surface area contributed by atoms with Gasteiger partial charge in [0.1, 0.15) is 5.82 Å². The summed E-state index contributed by atoms with van der Waals surface area (Å²) in [5, 5.41) is 0. The minimum Gasteiger partial charge on any atom is -0.332 e. The first kappa shape index (κ1) is 20.9. The maximum Gasteiger partial charge on any atom is 0.228 e. The van der Waals surface area contributed by atoms with E-state index in [0.29, 0.717) is 18.2 Å². The maximum absolute atomic E-state index is 13.2. The van der Waals surface area contributed by atoms with Crippen molar-refractivity contribution < 1.29 is 9.59 Å². The lowest BCUT2D eigenvalue weighted by molar-refractivity contribution is -0.136. The summed E-state index contributed by atoms with van der Waals surface area (Å²) < 4.78 is 0. The van der Waals surface area contributed by atoms with Gasteiger partial charge in [0.25, 0.3) is 0 Å². The van der Waals surface area contributed by atoms with E-state index in [1.807, 2.05) is 9.80 Å². The second-order valence-electron chi connectivity index (χ2n) is 10.1. The highest BCUT2D eigenvalue weighted by molar-refractivity contribution is 5.95. The molecule has 2 aliphatic heterocycles. The van der Waals surface area contributed by atoms with E-state index in [1.165, 1.54) is 44.9 Å². The van der Waals surface area contributed by atoms with Gasteiger partial charge >= 0.3 is 0 Å². The minimum absolute atomic E-state index is 0.0364. The molecule has 0 bridgehead atoms. The molecule has 2 saturated carbocycles. The molecule has 1 atom stereocenters. The molecule has 3 fully saturated rings. The van der Waals surface area contributed by atoms with Gasteiger partial charge in [0, 0.05) is 36.7 Å². The highest BCUT2D eigenvalue weighted by Gasteiger charge is 2.38. The molecule has 1 aromatic heterocycles. The molecule has 0 unspecified atom stereocenters. The Hall–Kier alpha value is -1.98. The van der Waals surface area contributed by atoms with Crippen LogP contribution in [0.15, 0.2) is 0 Å². The van der Waals surface area contributed by atoms with Crippen LogP contribution in [-0.2, 0) is 16.0 Å². The highest BCUT2D eigenvalue weighted by atomic mass is 16.2. The standard InChI is InChI=1S/C25H36N4O2/c1-17-20-13-14-22(30)29(16-18-8-3-2-4-9-18)24(20)27-23(26-17)21-12-7-15-28(21)25(31)19-10-5-6-11-19/h18-19,21H,2-16H2,1H3/t21-/m0/s1. The molecule has 2 aliphatic carbocycles. The number of carbonyl (C=O) groups excluding carboxylic acids is 2. The van der Waals surface area contributed by atoms with Crippen molar-refractivity contribution >= 4 is 17.6 Å². The summed E-state index contributed by atoms with van der Waals surface area (Å²) in [5.74, 6) is 2.85. The second-order valence-corrected chi connectivity index (χ2v) is 10.1. The molecule has 0 aromatic carbocycles. The molecule has 5 rings (SSSR count). The number of amides is 2. The van der Waals surface area contributed by atoms with Gasteiger partial charge < -0.3 is 4.90 Å². The van der Waals surface area contributed by atoms with E-state index in [4.69, 9.17) is 9.97 Å². The van der Waals surface area contributed by atoms with Gasteiger partial charge in [-0.25, -0.2) is 9.97 Å². The Balaban J connectivity index is 1.43. The topological polar surface area (TPSA) is 66.4 Å². The number of aromatic nitrogens is 2. The van der Waals surface area contributed by atoms with E-state index in [-0.39, 0.29) is 17.9 Å². The Morgan fingerprint density at radius 3 is 2.45 bits per heavy atom. The number of anilines is 1. The summed E-state index contributed by atoms with van der Waals surface area (Å²) in [6, 6.07) is -0.0364. The summed E-state index contributed by atoms with van der Waals surface area (Å²) in [6.45, 7) is 3.65. The first-order valence-electron chi connectivity index (χ1n) is 12.6. The third kappa shape index (κ3) is 4.10. The molecule has 3 heterocycles. The van der Waals surface area contributed by atoms with Crippen molar-refractivity contribution in [2.45, 2.75) is 96.4 Å². The molecule has 0 spiro atoms. The van der Waals surface area contributed by atoms with Crippen LogP contribution < -0.4 is 4.90 Å². The average molecular weight is 425 g/mol. The van der Waals surface area contributed by atoms with Gasteiger partial charge in [-0.15, -0.1) is 0 Å². The first-order chi connectivity index (χ1) is 15.1. The van der Waals surface area contributed by atoms with Crippen LogP contribution in [0.3, 0.4) is 0 Å². The highest BCUT2D eigenvalue weighted by Crippen LogP contribution is 2.38. The van der Waals surface area contributed by atoms with Crippen LogP contribution in [-0.4, -0.2) is 39.8 Å². The van der Waals surface area contributed by atoms with Crippen molar-refractivity contribution in [3.8, 4) is 0 Å². The van der Waals surface area contributed by atoms with Gasteiger partial charge in [0.2, 0.25) is 11.8 Å². The van der Waals surface area contributed by atoms with Gasteiger partial charge in [-0.1, -0.05) is 32.1 Å². The fourth-order valence-electron chi connectivity index (χ4n) is 6.27. The lowest BCUT2D eigenvalue weighted by Gasteiger charge is -2.34. The van der Waals surface area contributed by atoms with Crippen molar-refractivity contribution in [3.05, 3.63) is 17.1 Å². The average Bonchev–Trinajstić information content (AvgIpc) is 3.48. The number of aryl methyl sites for hydroxylation is 1. The van der Waals surface area contributed by atoms with E-state index < -0.39 is 0 Å². The van der Waals surface area contributed by atoms with Gasteiger partial charge in [-0.3, -0.25) is 14.5 Å². The van der Waals surface area contributed by atoms with Crippen LogP contribution in [0.2, 0.25) is 0 Å². The van der Waals surface area contributed by atoms with Crippen LogP contribution in [0, 0.1) is 18.8 Å². The third-order valence-corrected chi connectivity index (χ3v) is 8.06. The van der Waals surface area contributed by atoms with Gasteiger partial charge in [-0.2, -0.15) is 0 Å². The third-order valence-electron chi connectivity index (χ3n) is 8.06. The maximum atomic E-state index is 13.2. The van der Waals surface area contributed by atoms with Crippen molar-refractivity contribution in [2.24, 2.45) is 11.8 Å². The van der Waals surface area contributed by atoms with E-state index in [1.54, 1.807) is 0 Å². The number of hydrogen-bond donors (Lipinski definition) is 0. The Morgan fingerprint density at radius 2 is 1.68 bits per heavy atom. The Morgan fingerprint density at radius 1 is 0.935 bits per heavy atom. The number of hydrogen-bond acceptors (Lipinski definition) is 4. The monoisotopic (exact) mass is 424 g/mol. The zero-order chi connectivity index (χ0) is 21.4. The summed E-state index contributed by atoms with van der Waals surface area (Å²) in [7, 11) is 0. The molecule has 0 N–H and O–H groups in total. The molecular weight excluding hydrogens is 388 g/mol. The fourth-order valence-corrected chi connectivity index (χ4v) is 6.27. The molecule has 31 heavy (non-hydrogen) atoms. The normalized spacial score (nSPS) is 25.3. The molecule has 6 heteroatoms. The molecule has 4 aliphatic rings. The van der Waals surface area contributed by atoms with E-state index >= 15 is 0 Å². The van der Waals surface area contributed by atoms with Gasteiger partial charge in [0.05, 0.1) is 6.04 Å². The fraction of sp³-hybridized carbons (Fsp3) is 0.760. The summed E-state index contributed by atoms with van der Waals surface area (Å²) in [4.78, 5) is 40.0. The van der Waals surface area contributed by atoms with Crippen LogP contribution >= 0.6 is 0 Å². The number of likely N-dealkylation sites (tertiary alicyclic amines) is 1. The van der Waals surface area contributed by atoms with Crippen molar-refractivity contribution in [1.29, 1.82) is 0 Å². The van der Waals surface area contributed by atoms with E-state index in [9.17, 15) is 9.59 Å². The molecule has 168 valence electrons. The second kappa shape index (κ2) is 8.87. The van der Waals surface area contributed by atoms with E-state index in [2.05, 4.69) is 6.92 Å². The van der Waals surface area contributed by atoms with E-state index in [0.717, 1.165) is 68.1 Å². The SMILES string of the molecule is Cc1nc([C@@H]2CCCN2C(=O)C2CCCC2)nc2c1CCC(=O)N2CC1CCCCC1. The molecule has 2 amide bonds. The number of nitrogens with zero attached hydrogens (tertiary/aromatic N) is 4. The summed E-state index contributed by atoms with van der Waals surface area (Å²) >= 11 is 0. The zero-order valence-electron chi connectivity index (χ0n) is 18.9. The van der Waals surface area contributed by atoms with Crippen molar-refractivity contribution in [1.82, 2.24) is 14.9 Å². The first-order valence-corrected chi connectivity index (χ1v) is 12.6. The number of carbonyl (C=O) groups is 2. The van der Waals surface area contributed by atoms with Crippen molar-refractivity contribution in [2.75, 3.05) is 18.0 Å². The smallest absolute Gasteiger partial charge is 0.228 e. The Bertz CT molecular complexity index is 842. The van der Waals surface area contributed by atoms with Crippen molar-refractivity contribution in [3.63, 3.8) is 0 Å². The van der Waals surface area contributed by atoms with Crippen LogP contribution in [0.5, 0.6) is 0 Å². The van der Waals surface area contributed by atoms with Crippen LogP contribution in [0.25, 0.3) is 0 Å². The predicted octanol–water partition coefficient (Wildman–Crippen LogP) is 4.50. The summed E-state index contributed by atoms with van der Waals surface area (Å²) in [5.41, 5.74) is 2.12. The Kier molecular flexibility index (Phi) is 5.98. The van der Waals surface area contributed by atoms with Crippen LogP contribution in [0.4, 0.5) is 5.82 Å². The quantitative estimate of drug-likeness (QED) is 0.714. The lowest BCUT2D eigenvalue weighted by Crippen LogP contribution is -2.41. The molecule has 1 aromatic rings. The largest absolute Gasteiger partial charge is 0.332 e.